The Labute approximate surface area is 135 Å². The maximum atomic E-state index is 12.1. The van der Waals surface area contributed by atoms with Crippen molar-refractivity contribution in [1.82, 2.24) is 4.98 Å². The van der Waals surface area contributed by atoms with E-state index >= 15 is 0 Å². The Morgan fingerprint density at radius 2 is 1.87 bits per heavy atom. The fourth-order valence-electron chi connectivity index (χ4n) is 2.29. The van der Waals surface area contributed by atoms with E-state index in [0.717, 1.165) is 16.8 Å². The molecule has 3 rings (SSSR count). The van der Waals surface area contributed by atoms with E-state index < -0.39 is 0 Å². The van der Waals surface area contributed by atoms with Crippen LogP contribution in [0.2, 0.25) is 0 Å². The molecule has 1 N–H and O–H groups in total. The number of rotatable bonds is 4. The second-order valence-electron chi connectivity index (χ2n) is 5.53. The highest BCUT2D eigenvalue weighted by Gasteiger charge is 2.10. The van der Waals surface area contributed by atoms with Gasteiger partial charge in [-0.25, -0.2) is 4.98 Å². The molecule has 0 bridgehead atoms. The largest absolute Gasteiger partial charge is 0.444 e. The molecule has 4 heteroatoms. The molecule has 0 fully saturated rings. The van der Waals surface area contributed by atoms with Gasteiger partial charge in [0.2, 0.25) is 11.8 Å². The number of oxazole rings is 1. The number of amides is 1. The van der Waals surface area contributed by atoms with Crippen molar-refractivity contribution >= 4 is 11.6 Å². The van der Waals surface area contributed by atoms with Gasteiger partial charge >= 0.3 is 0 Å². The van der Waals surface area contributed by atoms with Gasteiger partial charge in [-0.05, 0) is 49.2 Å². The summed E-state index contributed by atoms with van der Waals surface area (Å²) in [6.45, 7) is 4.07. The molecule has 23 heavy (non-hydrogen) atoms. The standard InChI is InChI=1S/C19H18N2O2/c1-13-8-9-16(10-14(13)2)20-18(22)11-17-12-23-19(21-17)15-6-4-3-5-7-15/h3-10,12H,11H2,1-2H3,(H,20,22). The van der Waals surface area contributed by atoms with Gasteiger partial charge in [-0.2, -0.15) is 0 Å². The molecule has 0 spiro atoms. The van der Waals surface area contributed by atoms with Crippen LogP contribution in [0, 0.1) is 13.8 Å². The van der Waals surface area contributed by atoms with Crippen molar-refractivity contribution in [1.29, 1.82) is 0 Å². The van der Waals surface area contributed by atoms with Crippen LogP contribution in [0.15, 0.2) is 59.2 Å². The second-order valence-corrected chi connectivity index (χ2v) is 5.53. The summed E-state index contributed by atoms with van der Waals surface area (Å²) in [6, 6.07) is 15.5. The maximum absolute atomic E-state index is 12.1. The van der Waals surface area contributed by atoms with Crippen LogP contribution in [-0.4, -0.2) is 10.9 Å². The fraction of sp³-hybridized carbons (Fsp3) is 0.158. The van der Waals surface area contributed by atoms with Gasteiger partial charge in [-0.3, -0.25) is 4.79 Å². The number of aromatic nitrogens is 1. The summed E-state index contributed by atoms with van der Waals surface area (Å²) >= 11 is 0. The van der Waals surface area contributed by atoms with Gasteiger partial charge in [0, 0.05) is 11.3 Å². The number of nitrogens with one attached hydrogen (secondary N) is 1. The first-order valence-electron chi connectivity index (χ1n) is 7.49. The van der Waals surface area contributed by atoms with Crippen molar-refractivity contribution in [2.75, 3.05) is 5.32 Å². The average Bonchev–Trinajstić information content (AvgIpc) is 3.00. The Balaban J connectivity index is 1.66. The Hall–Kier alpha value is -2.88. The Bertz CT molecular complexity index is 822. The molecule has 4 nitrogen and oxygen atoms in total. The number of carbonyl (C=O) groups excluding carboxylic acids is 1. The molecule has 2 aromatic carbocycles. The van der Waals surface area contributed by atoms with Crippen molar-refractivity contribution in [2.24, 2.45) is 0 Å². The van der Waals surface area contributed by atoms with Crippen LogP contribution < -0.4 is 5.32 Å². The van der Waals surface area contributed by atoms with Gasteiger partial charge in [0.1, 0.15) is 6.26 Å². The van der Waals surface area contributed by atoms with Crippen molar-refractivity contribution in [3.8, 4) is 11.5 Å². The van der Waals surface area contributed by atoms with Gasteiger partial charge in [-0.15, -0.1) is 0 Å². The molecule has 116 valence electrons. The molecular weight excluding hydrogens is 288 g/mol. The van der Waals surface area contributed by atoms with Gasteiger partial charge in [0.05, 0.1) is 12.1 Å². The number of carbonyl (C=O) groups is 1. The third kappa shape index (κ3) is 3.66. The minimum Gasteiger partial charge on any atom is -0.444 e. The van der Waals surface area contributed by atoms with Gasteiger partial charge in [0.15, 0.2) is 0 Å². The number of nitrogens with zero attached hydrogens (tertiary/aromatic N) is 1. The topological polar surface area (TPSA) is 55.1 Å². The summed E-state index contributed by atoms with van der Waals surface area (Å²) in [5, 5.41) is 2.89. The molecular formula is C19H18N2O2. The number of benzene rings is 2. The van der Waals surface area contributed by atoms with Crippen LogP contribution in [0.25, 0.3) is 11.5 Å². The fourth-order valence-corrected chi connectivity index (χ4v) is 2.29. The van der Waals surface area contributed by atoms with Crippen LogP contribution >= 0.6 is 0 Å². The zero-order chi connectivity index (χ0) is 16.2. The molecule has 1 amide bonds. The molecule has 3 aromatic rings. The molecule has 0 aliphatic heterocycles. The van der Waals surface area contributed by atoms with E-state index in [2.05, 4.69) is 10.3 Å². The lowest BCUT2D eigenvalue weighted by Gasteiger charge is -2.06. The first-order valence-corrected chi connectivity index (χ1v) is 7.49. The zero-order valence-electron chi connectivity index (χ0n) is 13.2. The first-order chi connectivity index (χ1) is 11.1. The molecule has 0 saturated carbocycles. The number of aryl methyl sites for hydroxylation is 2. The summed E-state index contributed by atoms with van der Waals surface area (Å²) in [5.74, 6) is 0.417. The number of anilines is 1. The van der Waals surface area contributed by atoms with Crippen molar-refractivity contribution in [3.63, 3.8) is 0 Å². The van der Waals surface area contributed by atoms with Crippen molar-refractivity contribution in [3.05, 3.63) is 71.6 Å². The SMILES string of the molecule is Cc1ccc(NC(=O)Cc2coc(-c3ccccc3)n2)cc1C. The predicted molar refractivity (Wildman–Crippen MR) is 90.2 cm³/mol. The number of hydrogen-bond donors (Lipinski definition) is 1. The van der Waals surface area contributed by atoms with Crippen LogP contribution in [0.3, 0.4) is 0 Å². The quantitative estimate of drug-likeness (QED) is 0.788. The molecule has 0 aliphatic rings. The summed E-state index contributed by atoms with van der Waals surface area (Å²) in [6.07, 6.45) is 1.71. The monoisotopic (exact) mass is 306 g/mol. The van der Waals surface area contributed by atoms with E-state index in [1.54, 1.807) is 0 Å². The molecule has 0 aliphatic carbocycles. The van der Waals surface area contributed by atoms with E-state index in [4.69, 9.17) is 4.42 Å². The van der Waals surface area contributed by atoms with Crippen molar-refractivity contribution < 1.29 is 9.21 Å². The lowest BCUT2D eigenvalue weighted by Crippen LogP contribution is -2.14. The maximum Gasteiger partial charge on any atom is 0.230 e. The highest BCUT2D eigenvalue weighted by atomic mass is 16.3. The van der Waals surface area contributed by atoms with Gasteiger partial charge in [-0.1, -0.05) is 24.3 Å². The zero-order valence-corrected chi connectivity index (χ0v) is 13.2. The van der Waals surface area contributed by atoms with E-state index in [1.165, 1.54) is 11.8 Å². The second kappa shape index (κ2) is 6.48. The Morgan fingerprint density at radius 3 is 2.61 bits per heavy atom. The number of hydrogen-bond acceptors (Lipinski definition) is 3. The molecule has 0 radical (unpaired) electrons. The summed E-state index contributed by atoms with van der Waals surface area (Å²) in [5.41, 5.74) is 4.66. The third-order valence-corrected chi connectivity index (χ3v) is 3.70. The summed E-state index contributed by atoms with van der Waals surface area (Å²) in [7, 11) is 0. The molecule has 0 unspecified atom stereocenters. The molecule has 0 atom stereocenters. The minimum atomic E-state index is -0.110. The molecule has 1 heterocycles. The third-order valence-electron chi connectivity index (χ3n) is 3.70. The predicted octanol–water partition coefficient (Wildman–Crippen LogP) is 4.14. The van der Waals surface area contributed by atoms with Crippen molar-refractivity contribution in [2.45, 2.75) is 20.3 Å². The lowest BCUT2D eigenvalue weighted by atomic mass is 10.1. The Kier molecular flexibility index (Phi) is 4.24. The highest BCUT2D eigenvalue weighted by Crippen LogP contribution is 2.19. The first kappa shape index (κ1) is 15.0. The summed E-state index contributed by atoms with van der Waals surface area (Å²) < 4.78 is 5.45. The minimum absolute atomic E-state index is 0.110. The highest BCUT2D eigenvalue weighted by molar-refractivity contribution is 5.92. The van der Waals surface area contributed by atoms with Crippen LogP contribution in [0.5, 0.6) is 0 Å². The molecule has 1 aromatic heterocycles. The smallest absolute Gasteiger partial charge is 0.230 e. The Morgan fingerprint density at radius 1 is 1.09 bits per heavy atom. The van der Waals surface area contributed by atoms with E-state index in [1.807, 2.05) is 62.4 Å². The summed E-state index contributed by atoms with van der Waals surface area (Å²) in [4.78, 5) is 16.5. The average molecular weight is 306 g/mol. The van der Waals surface area contributed by atoms with Gasteiger partial charge in [0.25, 0.3) is 0 Å². The van der Waals surface area contributed by atoms with E-state index in [0.29, 0.717) is 11.6 Å². The molecule has 0 saturated heterocycles. The van der Waals surface area contributed by atoms with E-state index in [9.17, 15) is 4.79 Å². The van der Waals surface area contributed by atoms with Crippen LogP contribution in [0.4, 0.5) is 5.69 Å². The normalized spacial score (nSPS) is 10.5. The lowest BCUT2D eigenvalue weighted by molar-refractivity contribution is -0.115. The van der Waals surface area contributed by atoms with Crippen LogP contribution in [-0.2, 0) is 11.2 Å². The van der Waals surface area contributed by atoms with Gasteiger partial charge < -0.3 is 9.73 Å². The van der Waals surface area contributed by atoms with E-state index in [-0.39, 0.29) is 12.3 Å². The van der Waals surface area contributed by atoms with Crippen LogP contribution in [0.1, 0.15) is 16.8 Å².